The maximum Gasteiger partial charge on any atom is 0.217 e. The molecule has 0 radical (unpaired) electrons. The number of aromatic nitrogens is 4. The monoisotopic (exact) mass is 397 g/mol. The predicted octanol–water partition coefficient (Wildman–Crippen LogP) is 3.38. The Morgan fingerprint density at radius 1 is 1.24 bits per heavy atom. The van der Waals surface area contributed by atoms with Gasteiger partial charge in [0.15, 0.2) is 5.82 Å². The Hall–Kier alpha value is -3.16. The molecule has 4 rings (SSSR count). The van der Waals surface area contributed by atoms with Gasteiger partial charge in [-0.2, -0.15) is 4.68 Å². The lowest BCUT2D eigenvalue weighted by molar-refractivity contribution is -0.119. The molecule has 0 saturated carbocycles. The van der Waals surface area contributed by atoms with Gasteiger partial charge in [0.25, 0.3) is 0 Å². The molecule has 29 heavy (non-hydrogen) atoms. The minimum atomic E-state index is -0.701. The number of halogens is 2. The summed E-state index contributed by atoms with van der Waals surface area (Å²) < 4.78 is 28.3. The molecule has 0 spiro atoms. The molecule has 3 aromatic rings. The Morgan fingerprint density at radius 2 is 2.07 bits per heavy atom. The van der Waals surface area contributed by atoms with Gasteiger partial charge < -0.3 is 5.32 Å². The van der Waals surface area contributed by atoms with Crippen LogP contribution >= 0.6 is 0 Å². The average molecular weight is 397 g/mol. The molecule has 2 heterocycles. The molecule has 1 N–H and O–H groups in total. The number of fused-ring (bicyclic) bond motifs is 1. The van der Waals surface area contributed by atoms with E-state index in [-0.39, 0.29) is 11.9 Å². The van der Waals surface area contributed by atoms with E-state index in [1.165, 1.54) is 19.1 Å². The lowest BCUT2D eigenvalue weighted by Crippen LogP contribution is -2.29. The van der Waals surface area contributed by atoms with Crippen LogP contribution in [0, 0.1) is 5.82 Å². The molecule has 0 bridgehead atoms. The smallest absolute Gasteiger partial charge is 0.217 e. The second-order valence-corrected chi connectivity index (χ2v) is 7.28. The zero-order valence-electron chi connectivity index (χ0n) is 16.0. The molecule has 1 unspecified atom stereocenters. The first-order valence-corrected chi connectivity index (χ1v) is 9.54. The first-order chi connectivity index (χ1) is 14.0. The van der Waals surface area contributed by atoms with Crippen LogP contribution in [-0.2, 0) is 24.3 Å². The Bertz CT molecular complexity index is 1050. The van der Waals surface area contributed by atoms with Gasteiger partial charge in [0.05, 0.1) is 11.7 Å². The Balaban J connectivity index is 1.62. The molecule has 150 valence electrons. The van der Waals surface area contributed by atoms with Gasteiger partial charge in [-0.05, 0) is 66.6 Å². The number of nitrogens with zero attached hydrogens (tertiary/aromatic N) is 4. The number of carbonyl (C=O) groups excluding carboxylic acids is 1. The van der Waals surface area contributed by atoms with Gasteiger partial charge >= 0.3 is 0 Å². The number of alkyl halides is 1. The van der Waals surface area contributed by atoms with Crippen molar-refractivity contribution in [2.24, 2.45) is 0 Å². The number of carbonyl (C=O) groups is 1. The van der Waals surface area contributed by atoms with Crippen LogP contribution in [0.4, 0.5) is 8.78 Å². The van der Waals surface area contributed by atoms with Crippen LogP contribution in [0.1, 0.15) is 53.9 Å². The second kappa shape index (κ2) is 8.06. The predicted molar refractivity (Wildman–Crippen MR) is 103 cm³/mol. The van der Waals surface area contributed by atoms with E-state index in [9.17, 15) is 13.6 Å². The van der Waals surface area contributed by atoms with Crippen LogP contribution in [0.2, 0.25) is 0 Å². The molecule has 0 fully saturated rings. The summed E-state index contributed by atoms with van der Waals surface area (Å²) in [6.07, 6.45) is 4.66. The molecule has 6 nitrogen and oxygen atoms in total. The van der Waals surface area contributed by atoms with E-state index < -0.39 is 12.5 Å². The Morgan fingerprint density at radius 3 is 2.86 bits per heavy atom. The minimum absolute atomic E-state index is 0.0970. The van der Waals surface area contributed by atoms with Crippen molar-refractivity contribution in [3.63, 3.8) is 0 Å². The number of hydrogen-bond donors (Lipinski definition) is 1. The highest BCUT2D eigenvalue weighted by atomic mass is 19.1. The number of pyridine rings is 1. The molecular weight excluding hydrogens is 376 g/mol. The average Bonchev–Trinajstić information content (AvgIpc) is 3.12. The van der Waals surface area contributed by atoms with Crippen molar-refractivity contribution < 1.29 is 13.6 Å². The van der Waals surface area contributed by atoms with Gasteiger partial charge in [0, 0.05) is 13.1 Å². The van der Waals surface area contributed by atoms with Crippen molar-refractivity contribution in [3.05, 3.63) is 70.4 Å². The highest BCUT2D eigenvalue weighted by Gasteiger charge is 2.27. The van der Waals surface area contributed by atoms with E-state index in [0.29, 0.717) is 23.4 Å². The van der Waals surface area contributed by atoms with Crippen LogP contribution in [0.3, 0.4) is 0 Å². The summed E-state index contributed by atoms with van der Waals surface area (Å²) in [4.78, 5) is 15.9. The third-order valence-electron chi connectivity index (χ3n) is 5.01. The molecule has 1 aliphatic rings. The van der Waals surface area contributed by atoms with Gasteiger partial charge in [-0.1, -0.05) is 11.3 Å². The van der Waals surface area contributed by atoms with Crippen molar-refractivity contribution in [1.82, 2.24) is 25.3 Å². The van der Waals surface area contributed by atoms with Gasteiger partial charge in [-0.3, -0.25) is 4.79 Å². The maximum atomic E-state index is 13.7. The SMILES string of the molecule is CC(=O)NC1CCCc2c1nnn2-c1cc(Cc2cc(F)cc(CF)c2)ccn1. The molecule has 1 atom stereocenters. The van der Waals surface area contributed by atoms with E-state index in [4.69, 9.17) is 0 Å². The first-order valence-electron chi connectivity index (χ1n) is 9.54. The van der Waals surface area contributed by atoms with Gasteiger partial charge in [0.1, 0.15) is 18.2 Å². The van der Waals surface area contributed by atoms with Crippen molar-refractivity contribution in [2.45, 2.75) is 45.3 Å². The third-order valence-corrected chi connectivity index (χ3v) is 5.01. The fourth-order valence-electron chi connectivity index (χ4n) is 3.82. The van der Waals surface area contributed by atoms with Crippen LogP contribution in [0.5, 0.6) is 0 Å². The summed E-state index contributed by atoms with van der Waals surface area (Å²) >= 11 is 0. The molecule has 1 aromatic carbocycles. The van der Waals surface area contributed by atoms with Crippen molar-refractivity contribution in [1.29, 1.82) is 0 Å². The number of nitrogens with one attached hydrogen (secondary N) is 1. The van der Waals surface area contributed by atoms with Crippen LogP contribution in [-0.4, -0.2) is 25.9 Å². The molecule has 0 aliphatic heterocycles. The maximum absolute atomic E-state index is 13.7. The van der Waals surface area contributed by atoms with Crippen molar-refractivity contribution >= 4 is 5.91 Å². The zero-order chi connectivity index (χ0) is 20.4. The fraction of sp³-hybridized carbons (Fsp3) is 0.333. The van der Waals surface area contributed by atoms with Crippen molar-refractivity contribution in [2.75, 3.05) is 0 Å². The minimum Gasteiger partial charge on any atom is -0.348 e. The topological polar surface area (TPSA) is 72.7 Å². The summed E-state index contributed by atoms with van der Waals surface area (Å²) in [7, 11) is 0. The Kier molecular flexibility index (Phi) is 5.33. The molecule has 1 aliphatic carbocycles. The molecule has 2 aromatic heterocycles. The number of hydrogen-bond acceptors (Lipinski definition) is 4. The lowest BCUT2D eigenvalue weighted by Gasteiger charge is -2.21. The van der Waals surface area contributed by atoms with Gasteiger partial charge in [-0.25, -0.2) is 13.8 Å². The summed E-state index contributed by atoms with van der Waals surface area (Å²) in [6, 6.07) is 7.85. The molecular formula is C21H21F2N5O. The van der Waals surface area contributed by atoms with Gasteiger partial charge in [0.2, 0.25) is 5.91 Å². The number of rotatable bonds is 5. The van der Waals surface area contributed by atoms with Crippen LogP contribution in [0.25, 0.3) is 5.82 Å². The number of benzene rings is 1. The summed E-state index contributed by atoms with van der Waals surface area (Å²) in [5.74, 6) is 0.0703. The van der Waals surface area contributed by atoms with E-state index >= 15 is 0 Å². The summed E-state index contributed by atoms with van der Waals surface area (Å²) in [5, 5.41) is 11.5. The van der Waals surface area contributed by atoms with Crippen molar-refractivity contribution in [3.8, 4) is 5.82 Å². The quantitative estimate of drug-likeness (QED) is 0.716. The van der Waals surface area contributed by atoms with Crippen LogP contribution < -0.4 is 5.32 Å². The lowest BCUT2D eigenvalue weighted by atomic mass is 9.96. The largest absolute Gasteiger partial charge is 0.348 e. The summed E-state index contributed by atoms with van der Waals surface area (Å²) in [6.45, 7) is 0.789. The van der Waals surface area contributed by atoms with E-state index in [1.807, 2.05) is 12.1 Å². The molecule has 1 amide bonds. The first kappa shape index (κ1) is 19.2. The second-order valence-electron chi connectivity index (χ2n) is 7.28. The summed E-state index contributed by atoms with van der Waals surface area (Å²) in [5.41, 5.74) is 3.63. The zero-order valence-corrected chi connectivity index (χ0v) is 16.0. The highest BCUT2D eigenvalue weighted by molar-refractivity contribution is 5.73. The van der Waals surface area contributed by atoms with E-state index in [1.54, 1.807) is 16.9 Å². The Labute approximate surface area is 167 Å². The molecule has 8 heteroatoms. The highest BCUT2D eigenvalue weighted by Crippen LogP contribution is 2.29. The molecule has 0 saturated heterocycles. The third kappa shape index (κ3) is 4.16. The van der Waals surface area contributed by atoms with Gasteiger partial charge in [-0.15, -0.1) is 5.10 Å². The normalized spacial score (nSPS) is 15.8. The van der Waals surface area contributed by atoms with E-state index in [0.717, 1.165) is 36.2 Å². The fourth-order valence-corrected chi connectivity index (χ4v) is 3.82. The van der Waals surface area contributed by atoms with E-state index in [2.05, 4.69) is 20.6 Å². The standard InChI is InChI=1S/C21H21F2N5O/c1-13(29)25-18-3-2-4-19-21(18)26-27-28(19)20-11-14(5-6-24-20)7-15-8-16(12-22)10-17(23)9-15/h5-6,8-11,18H,2-4,7,12H2,1H3,(H,25,29). The number of amides is 1. The van der Waals surface area contributed by atoms with Crippen LogP contribution in [0.15, 0.2) is 36.5 Å².